The van der Waals surface area contributed by atoms with Crippen LogP contribution < -0.4 is 14.8 Å². The lowest BCUT2D eigenvalue weighted by molar-refractivity contribution is -0.127. The Morgan fingerprint density at radius 3 is 2.61 bits per heavy atom. The number of para-hydroxylation sites is 2. The summed E-state index contributed by atoms with van der Waals surface area (Å²) in [5, 5.41) is 13.9. The van der Waals surface area contributed by atoms with Gasteiger partial charge in [-0.25, -0.2) is 0 Å². The van der Waals surface area contributed by atoms with Crippen LogP contribution in [0.5, 0.6) is 11.5 Å². The van der Waals surface area contributed by atoms with Crippen LogP contribution in [0.25, 0.3) is 6.08 Å². The van der Waals surface area contributed by atoms with Gasteiger partial charge in [0.1, 0.15) is 12.7 Å². The molecule has 0 aliphatic carbocycles. The average molecular weight is 423 g/mol. The van der Waals surface area contributed by atoms with E-state index < -0.39 is 12.2 Å². The molecule has 0 bridgehead atoms. The van der Waals surface area contributed by atoms with E-state index in [0.717, 1.165) is 18.4 Å². The Morgan fingerprint density at radius 1 is 1.16 bits per heavy atom. The second-order valence-electron chi connectivity index (χ2n) is 8.23. The quantitative estimate of drug-likeness (QED) is 0.701. The van der Waals surface area contributed by atoms with Crippen LogP contribution in [-0.2, 0) is 4.79 Å². The van der Waals surface area contributed by atoms with Gasteiger partial charge in [-0.1, -0.05) is 42.0 Å². The molecule has 2 unspecified atom stereocenters. The average Bonchev–Trinajstić information content (AvgIpc) is 2.82. The van der Waals surface area contributed by atoms with E-state index in [-0.39, 0.29) is 11.9 Å². The van der Waals surface area contributed by atoms with Gasteiger partial charge in [-0.3, -0.25) is 4.79 Å². The molecule has 6 nitrogen and oxygen atoms in total. The maximum atomic E-state index is 12.5. The highest BCUT2D eigenvalue weighted by molar-refractivity contribution is 5.91. The lowest BCUT2D eigenvalue weighted by Crippen LogP contribution is -2.50. The number of likely N-dealkylation sites (tertiary alicyclic amines) is 1. The fraction of sp³-hybridized carbons (Fsp3) is 0.400. The standard InChI is InChI=1S/C25H30N2O4/c1-18-6-8-19(9-7-18)10-11-25(29)27-14-12-20(13-15-27)26-16-21(28)24-17-30-22-4-2-3-5-23(22)31-24/h2-11,20-21,24,26,28H,12-17H2,1H3. The van der Waals surface area contributed by atoms with Crippen molar-refractivity contribution in [3.63, 3.8) is 0 Å². The molecule has 0 spiro atoms. The smallest absolute Gasteiger partial charge is 0.246 e. The fourth-order valence-corrected chi connectivity index (χ4v) is 3.90. The second-order valence-corrected chi connectivity index (χ2v) is 8.23. The Balaban J connectivity index is 1.19. The molecule has 1 saturated heterocycles. The summed E-state index contributed by atoms with van der Waals surface area (Å²) < 4.78 is 11.6. The van der Waals surface area contributed by atoms with E-state index in [4.69, 9.17) is 9.47 Å². The number of piperidine rings is 1. The van der Waals surface area contributed by atoms with Crippen LogP contribution in [0.2, 0.25) is 0 Å². The van der Waals surface area contributed by atoms with Crippen molar-refractivity contribution in [1.82, 2.24) is 10.2 Å². The lowest BCUT2D eigenvalue weighted by atomic mass is 10.0. The molecular formula is C25H30N2O4. The number of aliphatic hydroxyl groups excluding tert-OH is 1. The van der Waals surface area contributed by atoms with Gasteiger partial charge in [0.25, 0.3) is 0 Å². The monoisotopic (exact) mass is 422 g/mol. The summed E-state index contributed by atoms with van der Waals surface area (Å²) in [5.41, 5.74) is 2.23. The summed E-state index contributed by atoms with van der Waals surface area (Å²) in [6, 6.07) is 15.9. The SMILES string of the molecule is Cc1ccc(C=CC(=O)N2CCC(NCC(O)C3COc4ccccc4O3)CC2)cc1. The van der Waals surface area contributed by atoms with E-state index in [1.807, 2.05) is 66.4 Å². The summed E-state index contributed by atoms with van der Waals surface area (Å²) in [7, 11) is 0. The van der Waals surface area contributed by atoms with E-state index in [2.05, 4.69) is 5.32 Å². The van der Waals surface area contributed by atoms with Crippen molar-refractivity contribution in [2.75, 3.05) is 26.2 Å². The third-order valence-electron chi connectivity index (χ3n) is 5.88. The van der Waals surface area contributed by atoms with E-state index >= 15 is 0 Å². The van der Waals surface area contributed by atoms with Crippen LogP contribution in [0.3, 0.4) is 0 Å². The highest BCUT2D eigenvalue weighted by Crippen LogP contribution is 2.31. The Morgan fingerprint density at radius 2 is 1.87 bits per heavy atom. The number of amides is 1. The summed E-state index contributed by atoms with van der Waals surface area (Å²) in [5.74, 6) is 1.43. The molecule has 2 N–H and O–H groups in total. The van der Waals surface area contributed by atoms with Crippen LogP contribution in [0.15, 0.2) is 54.6 Å². The van der Waals surface area contributed by atoms with Crippen molar-refractivity contribution < 1.29 is 19.4 Å². The third kappa shape index (κ3) is 5.66. The minimum atomic E-state index is -0.662. The Labute approximate surface area is 183 Å². The molecule has 2 aliphatic heterocycles. The molecular weight excluding hydrogens is 392 g/mol. The number of fused-ring (bicyclic) bond motifs is 1. The van der Waals surface area contributed by atoms with Gasteiger partial charge >= 0.3 is 0 Å². The van der Waals surface area contributed by atoms with Crippen LogP contribution >= 0.6 is 0 Å². The van der Waals surface area contributed by atoms with E-state index in [1.54, 1.807) is 6.08 Å². The molecule has 4 rings (SSSR count). The molecule has 1 fully saturated rings. The van der Waals surface area contributed by atoms with Gasteiger partial charge in [0.05, 0.1) is 0 Å². The van der Waals surface area contributed by atoms with Gasteiger partial charge in [0.15, 0.2) is 17.6 Å². The number of rotatable bonds is 6. The molecule has 31 heavy (non-hydrogen) atoms. The topological polar surface area (TPSA) is 71.0 Å². The van der Waals surface area contributed by atoms with E-state index in [9.17, 15) is 9.90 Å². The summed E-state index contributed by atoms with van der Waals surface area (Å²) in [6.07, 6.45) is 4.19. The van der Waals surface area contributed by atoms with Gasteiger partial charge < -0.3 is 24.8 Å². The highest BCUT2D eigenvalue weighted by atomic mass is 16.6. The summed E-state index contributed by atoms with van der Waals surface area (Å²) in [4.78, 5) is 14.3. The molecule has 1 amide bonds. The maximum absolute atomic E-state index is 12.5. The van der Waals surface area contributed by atoms with Gasteiger partial charge in [-0.05, 0) is 43.5 Å². The lowest BCUT2D eigenvalue weighted by Gasteiger charge is -2.34. The number of carbonyl (C=O) groups is 1. The number of nitrogens with one attached hydrogen (secondary N) is 1. The zero-order valence-electron chi connectivity index (χ0n) is 17.9. The molecule has 0 aromatic heterocycles. The van der Waals surface area contributed by atoms with Crippen LogP contribution in [-0.4, -0.2) is 60.4 Å². The molecule has 6 heteroatoms. The predicted octanol–water partition coefficient (Wildman–Crippen LogP) is 2.79. The Kier molecular flexibility index (Phi) is 6.89. The van der Waals surface area contributed by atoms with Crippen molar-refractivity contribution in [2.24, 2.45) is 0 Å². The predicted molar refractivity (Wildman–Crippen MR) is 120 cm³/mol. The molecule has 2 heterocycles. The highest BCUT2D eigenvalue weighted by Gasteiger charge is 2.28. The van der Waals surface area contributed by atoms with Gasteiger partial charge in [-0.15, -0.1) is 0 Å². The molecule has 2 aromatic carbocycles. The number of nitrogens with zero attached hydrogens (tertiary/aromatic N) is 1. The first-order chi connectivity index (χ1) is 15.1. The molecule has 164 valence electrons. The van der Waals surface area contributed by atoms with Crippen molar-refractivity contribution in [3.8, 4) is 11.5 Å². The van der Waals surface area contributed by atoms with Crippen LogP contribution in [0.1, 0.15) is 24.0 Å². The van der Waals surface area contributed by atoms with Gasteiger partial charge in [0.2, 0.25) is 5.91 Å². The second kappa shape index (κ2) is 9.98. The third-order valence-corrected chi connectivity index (χ3v) is 5.88. The Hall–Kier alpha value is -2.83. The van der Waals surface area contributed by atoms with Crippen LogP contribution in [0.4, 0.5) is 0 Å². The molecule has 0 saturated carbocycles. The zero-order valence-corrected chi connectivity index (χ0v) is 17.9. The number of benzene rings is 2. The Bertz CT molecular complexity index is 904. The van der Waals surface area contributed by atoms with Crippen molar-refractivity contribution >= 4 is 12.0 Å². The number of ether oxygens (including phenoxy) is 2. The fourth-order valence-electron chi connectivity index (χ4n) is 3.90. The summed E-state index contributed by atoms with van der Waals surface area (Å²) in [6.45, 7) is 4.23. The molecule has 0 radical (unpaired) electrons. The van der Waals surface area contributed by atoms with E-state index in [0.29, 0.717) is 37.7 Å². The maximum Gasteiger partial charge on any atom is 0.246 e. The first kappa shape index (κ1) is 21.4. The number of carbonyl (C=O) groups excluding carboxylic acids is 1. The molecule has 2 aromatic rings. The number of aliphatic hydroxyl groups is 1. The normalized spacial score (nSPS) is 20.1. The van der Waals surface area contributed by atoms with Crippen molar-refractivity contribution in [3.05, 3.63) is 65.7 Å². The largest absolute Gasteiger partial charge is 0.486 e. The zero-order chi connectivity index (χ0) is 21.6. The van der Waals surface area contributed by atoms with Gasteiger partial charge in [-0.2, -0.15) is 0 Å². The number of hydrogen-bond donors (Lipinski definition) is 2. The molecule has 2 atom stereocenters. The van der Waals surface area contributed by atoms with E-state index in [1.165, 1.54) is 5.56 Å². The van der Waals surface area contributed by atoms with Crippen LogP contribution in [0, 0.1) is 6.92 Å². The first-order valence-corrected chi connectivity index (χ1v) is 10.9. The number of aryl methyl sites for hydroxylation is 1. The molecule has 2 aliphatic rings. The first-order valence-electron chi connectivity index (χ1n) is 10.9. The minimum Gasteiger partial charge on any atom is -0.486 e. The number of hydrogen-bond acceptors (Lipinski definition) is 5. The minimum absolute atomic E-state index is 0.0467. The van der Waals surface area contributed by atoms with Crippen molar-refractivity contribution in [1.29, 1.82) is 0 Å². The van der Waals surface area contributed by atoms with Gasteiger partial charge in [0, 0.05) is 31.8 Å². The summed E-state index contributed by atoms with van der Waals surface area (Å²) >= 11 is 0. The van der Waals surface area contributed by atoms with Crippen molar-refractivity contribution in [2.45, 2.75) is 38.0 Å².